The molecule has 0 heterocycles. The second kappa shape index (κ2) is 5.20. The van der Waals surface area contributed by atoms with Crippen LogP contribution in [0.3, 0.4) is 0 Å². The molecule has 1 rings (SSSR count). The van der Waals surface area contributed by atoms with E-state index in [0.717, 1.165) is 36.8 Å². The van der Waals surface area contributed by atoms with Crippen molar-refractivity contribution in [3.8, 4) is 5.75 Å². The van der Waals surface area contributed by atoms with Crippen molar-refractivity contribution >= 4 is 0 Å². The van der Waals surface area contributed by atoms with Crippen LogP contribution in [0.4, 0.5) is 0 Å². The van der Waals surface area contributed by atoms with Gasteiger partial charge in [-0.1, -0.05) is 32.8 Å². The van der Waals surface area contributed by atoms with E-state index in [1.807, 2.05) is 13.8 Å². The highest BCUT2D eigenvalue weighted by molar-refractivity contribution is 5.49. The zero-order valence-corrected chi connectivity index (χ0v) is 10.4. The van der Waals surface area contributed by atoms with Crippen molar-refractivity contribution in [2.24, 2.45) is 0 Å². The summed E-state index contributed by atoms with van der Waals surface area (Å²) in [5.74, 6) is 0.504. The number of phenols is 1. The molecule has 0 radical (unpaired) electrons. The Bertz CT molecular complexity index is 309. The van der Waals surface area contributed by atoms with E-state index in [2.05, 4.69) is 19.9 Å². The third-order valence-electron chi connectivity index (χ3n) is 3.06. The van der Waals surface area contributed by atoms with Gasteiger partial charge in [0.05, 0.1) is 0 Å². The molecule has 15 heavy (non-hydrogen) atoms. The van der Waals surface area contributed by atoms with Crippen LogP contribution in [0.5, 0.6) is 5.75 Å². The summed E-state index contributed by atoms with van der Waals surface area (Å²) in [6, 6.07) is 2.28. The van der Waals surface area contributed by atoms with Gasteiger partial charge < -0.3 is 5.11 Å². The Balaban J connectivity index is 3.19. The first-order chi connectivity index (χ1) is 7.11. The smallest absolute Gasteiger partial charge is 0.121 e. The molecule has 1 aromatic carbocycles. The fourth-order valence-corrected chi connectivity index (χ4v) is 2.07. The van der Waals surface area contributed by atoms with Crippen molar-refractivity contribution in [1.82, 2.24) is 0 Å². The molecular weight excluding hydrogens is 184 g/mol. The lowest BCUT2D eigenvalue weighted by molar-refractivity contribution is 0.464. The summed E-state index contributed by atoms with van der Waals surface area (Å²) in [6.45, 7) is 8.39. The fourth-order valence-electron chi connectivity index (χ4n) is 2.07. The monoisotopic (exact) mass is 206 g/mol. The SMILES string of the molecule is CCCc1cc(CCC)c(C)c(O)c1C. The summed E-state index contributed by atoms with van der Waals surface area (Å²) < 4.78 is 0. The molecule has 0 aliphatic heterocycles. The standard InChI is InChI=1S/C14H22O/c1-5-7-12-9-13(8-6-2)11(4)14(15)10(12)3/h9,15H,5-8H2,1-4H3. The van der Waals surface area contributed by atoms with Crippen LogP contribution >= 0.6 is 0 Å². The number of rotatable bonds is 4. The topological polar surface area (TPSA) is 20.2 Å². The largest absolute Gasteiger partial charge is 0.507 e. The van der Waals surface area contributed by atoms with Crippen molar-refractivity contribution in [2.75, 3.05) is 0 Å². The molecule has 0 unspecified atom stereocenters. The highest BCUT2D eigenvalue weighted by Crippen LogP contribution is 2.29. The molecule has 1 heteroatoms. The molecule has 1 nitrogen and oxygen atoms in total. The molecule has 1 N–H and O–H groups in total. The maximum absolute atomic E-state index is 10.0. The molecule has 0 bridgehead atoms. The van der Waals surface area contributed by atoms with Crippen molar-refractivity contribution in [1.29, 1.82) is 0 Å². The molecule has 0 fully saturated rings. The van der Waals surface area contributed by atoms with E-state index in [1.54, 1.807) is 0 Å². The molecule has 0 saturated heterocycles. The highest BCUT2D eigenvalue weighted by atomic mass is 16.3. The van der Waals surface area contributed by atoms with Gasteiger partial charge in [-0.2, -0.15) is 0 Å². The molecule has 0 amide bonds. The van der Waals surface area contributed by atoms with Gasteiger partial charge in [0.1, 0.15) is 5.75 Å². The molecule has 84 valence electrons. The molecular formula is C14H22O. The number of benzene rings is 1. The van der Waals surface area contributed by atoms with E-state index >= 15 is 0 Å². The minimum absolute atomic E-state index is 0.504. The Morgan fingerprint density at radius 2 is 1.33 bits per heavy atom. The molecule has 0 aliphatic rings. The van der Waals surface area contributed by atoms with Crippen LogP contribution in [0.1, 0.15) is 48.9 Å². The van der Waals surface area contributed by atoms with Crippen LogP contribution in [-0.2, 0) is 12.8 Å². The van der Waals surface area contributed by atoms with Crippen LogP contribution in [0.15, 0.2) is 6.07 Å². The zero-order valence-electron chi connectivity index (χ0n) is 10.4. The first kappa shape index (κ1) is 12.1. The Morgan fingerprint density at radius 1 is 0.933 bits per heavy atom. The molecule has 0 saturated carbocycles. The Labute approximate surface area is 93.1 Å². The molecule has 0 aliphatic carbocycles. The van der Waals surface area contributed by atoms with Crippen LogP contribution in [0.25, 0.3) is 0 Å². The molecule has 1 aromatic rings. The van der Waals surface area contributed by atoms with Gasteiger partial charge in [-0.15, -0.1) is 0 Å². The van der Waals surface area contributed by atoms with Crippen molar-refractivity contribution in [3.63, 3.8) is 0 Å². The summed E-state index contributed by atoms with van der Waals surface area (Å²) in [4.78, 5) is 0. The third kappa shape index (κ3) is 2.53. The first-order valence-corrected chi connectivity index (χ1v) is 5.92. The second-order valence-corrected chi connectivity index (χ2v) is 4.29. The van der Waals surface area contributed by atoms with Gasteiger partial charge in [0, 0.05) is 0 Å². The van der Waals surface area contributed by atoms with Crippen molar-refractivity contribution < 1.29 is 5.11 Å². The van der Waals surface area contributed by atoms with E-state index in [9.17, 15) is 5.11 Å². The minimum atomic E-state index is 0.504. The fraction of sp³-hybridized carbons (Fsp3) is 0.571. The van der Waals surface area contributed by atoms with Crippen molar-refractivity contribution in [2.45, 2.75) is 53.4 Å². The van der Waals surface area contributed by atoms with Crippen LogP contribution < -0.4 is 0 Å². The van der Waals surface area contributed by atoms with E-state index in [-0.39, 0.29) is 0 Å². The van der Waals surface area contributed by atoms with Gasteiger partial charge in [-0.3, -0.25) is 0 Å². The van der Waals surface area contributed by atoms with Crippen LogP contribution in [0.2, 0.25) is 0 Å². The summed E-state index contributed by atoms with van der Waals surface area (Å²) in [7, 11) is 0. The zero-order chi connectivity index (χ0) is 11.4. The lowest BCUT2D eigenvalue weighted by Crippen LogP contribution is -1.97. The number of hydrogen-bond acceptors (Lipinski definition) is 1. The predicted octanol–water partition coefficient (Wildman–Crippen LogP) is 3.91. The maximum atomic E-state index is 10.0. The maximum Gasteiger partial charge on any atom is 0.121 e. The summed E-state index contributed by atoms with van der Waals surface area (Å²) in [5.41, 5.74) is 4.75. The summed E-state index contributed by atoms with van der Waals surface area (Å²) in [6.07, 6.45) is 4.40. The summed E-state index contributed by atoms with van der Waals surface area (Å²) >= 11 is 0. The van der Waals surface area contributed by atoms with E-state index in [1.165, 1.54) is 11.1 Å². The quantitative estimate of drug-likeness (QED) is 0.791. The lowest BCUT2D eigenvalue weighted by Gasteiger charge is -2.14. The van der Waals surface area contributed by atoms with Crippen LogP contribution in [-0.4, -0.2) is 5.11 Å². The summed E-state index contributed by atoms with van der Waals surface area (Å²) in [5, 5.41) is 10.0. The third-order valence-corrected chi connectivity index (χ3v) is 3.06. The number of hydrogen-bond donors (Lipinski definition) is 1. The highest BCUT2D eigenvalue weighted by Gasteiger charge is 2.10. The first-order valence-electron chi connectivity index (χ1n) is 5.92. The van der Waals surface area contributed by atoms with Crippen molar-refractivity contribution in [3.05, 3.63) is 28.3 Å². The lowest BCUT2D eigenvalue weighted by atomic mass is 9.94. The second-order valence-electron chi connectivity index (χ2n) is 4.29. The average Bonchev–Trinajstić information content (AvgIpc) is 2.22. The molecule has 0 atom stereocenters. The van der Waals surface area contributed by atoms with Gasteiger partial charge >= 0.3 is 0 Å². The Morgan fingerprint density at radius 3 is 1.67 bits per heavy atom. The Kier molecular flexibility index (Phi) is 4.19. The van der Waals surface area contributed by atoms with E-state index in [4.69, 9.17) is 0 Å². The van der Waals surface area contributed by atoms with E-state index in [0.29, 0.717) is 5.75 Å². The number of phenolic OH excluding ortho intramolecular Hbond substituents is 1. The van der Waals surface area contributed by atoms with Gasteiger partial charge in [-0.05, 0) is 48.9 Å². The molecule has 0 aromatic heterocycles. The number of aromatic hydroxyl groups is 1. The van der Waals surface area contributed by atoms with Gasteiger partial charge in [0.2, 0.25) is 0 Å². The predicted molar refractivity (Wildman–Crippen MR) is 65.6 cm³/mol. The molecule has 0 spiro atoms. The van der Waals surface area contributed by atoms with Gasteiger partial charge in [-0.25, -0.2) is 0 Å². The normalized spacial score (nSPS) is 10.7. The van der Waals surface area contributed by atoms with Gasteiger partial charge in [0.15, 0.2) is 0 Å². The minimum Gasteiger partial charge on any atom is -0.507 e. The average molecular weight is 206 g/mol. The Hall–Kier alpha value is -0.980. The van der Waals surface area contributed by atoms with E-state index < -0.39 is 0 Å². The van der Waals surface area contributed by atoms with Crippen LogP contribution in [0, 0.1) is 13.8 Å². The number of aryl methyl sites for hydroxylation is 2. The van der Waals surface area contributed by atoms with Gasteiger partial charge in [0.25, 0.3) is 0 Å².